The summed E-state index contributed by atoms with van der Waals surface area (Å²) in [7, 11) is 0. The van der Waals surface area contributed by atoms with Crippen molar-refractivity contribution in [2.75, 3.05) is 24.6 Å². The summed E-state index contributed by atoms with van der Waals surface area (Å²) < 4.78 is 0. The second kappa shape index (κ2) is 7.17. The number of likely N-dealkylation sites (tertiary alicyclic amines) is 1. The zero-order valence-electron chi connectivity index (χ0n) is 11.2. The minimum atomic E-state index is -0.314. The summed E-state index contributed by atoms with van der Waals surface area (Å²) in [6.07, 6.45) is 4.63. The smallest absolute Gasteiger partial charge is 0.189 e. The van der Waals surface area contributed by atoms with Crippen LogP contribution in [0.15, 0.2) is 30.5 Å². The Bertz CT molecular complexity index is 505. The number of ketones is 1. The first-order valence-electron chi connectivity index (χ1n) is 6.36. The highest BCUT2D eigenvalue weighted by Crippen LogP contribution is 2.17. The second-order valence-electron chi connectivity index (χ2n) is 4.82. The lowest BCUT2D eigenvalue weighted by molar-refractivity contribution is 0.0927. The molecule has 1 aromatic carbocycles. The summed E-state index contributed by atoms with van der Waals surface area (Å²) in [4.78, 5) is 14.0. The van der Waals surface area contributed by atoms with Gasteiger partial charge in [-0.15, -0.1) is 12.4 Å². The summed E-state index contributed by atoms with van der Waals surface area (Å²) in [6.45, 7) is 1.42. The van der Waals surface area contributed by atoms with Gasteiger partial charge in [-0.05, 0) is 31.0 Å². The highest BCUT2D eigenvalue weighted by Gasteiger charge is 2.15. The maximum Gasteiger partial charge on any atom is 0.189 e. The molecular weight excluding hydrogens is 278 g/mol. The van der Waals surface area contributed by atoms with Crippen LogP contribution in [0.3, 0.4) is 0 Å². The van der Waals surface area contributed by atoms with Gasteiger partial charge in [0.15, 0.2) is 5.78 Å². The molecule has 1 aliphatic heterocycles. The largest absolute Gasteiger partial charge is 0.399 e. The number of benzene rings is 1. The van der Waals surface area contributed by atoms with Crippen molar-refractivity contribution in [3.63, 3.8) is 0 Å². The van der Waals surface area contributed by atoms with E-state index in [2.05, 4.69) is 0 Å². The predicted octanol–water partition coefficient (Wildman–Crippen LogP) is 1.43. The quantitative estimate of drug-likeness (QED) is 0.446. The van der Waals surface area contributed by atoms with Crippen molar-refractivity contribution < 1.29 is 9.90 Å². The number of carbonyl (C=O) groups is 1. The first-order chi connectivity index (χ1) is 9.06. The van der Waals surface area contributed by atoms with Crippen molar-refractivity contribution >= 4 is 29.6 Å². The third-order valence-corrected chi connectivity index (χ3v) is 3.21. The van der Waals surface area contributed by atoms with Gasteiger partial charge in [-0.2, -0.15) is 0 Å². The van der Waals surface area contributed by atoms with Gasteiger partial charge >= 0.3 is 0 Å². The number of aliphatic hydroxyl groups excluding tert-OH is 1. The van der Waals surface area contributed by atoms with Crippen LogP contribution in [0, 0.1) is 0 Å². The van der Waals surface area contributed by atoms with Gasteiger partial charge < -0.3 is 21.5 Å². The average molecular weight is 298 g/mol. The molecule has 6 heteroatoms. The van der Waals surface area contributed by atoms with E-state index in [0.717, 1.165) is 19.4 Å². The third-order valence-electron chi connectivity index (χ3n) is 3.21. The summed E-state index contributed by atoms with van der Waals surface area (Å²) in [5.74, 6) is -0.176. The Hall–Kier alpha value is -1.72. The number of hydrogen-bond acceptors (Lipinski definition) is 5. The summed E-state index contributed by atoms with van der Waals surface area (Å²) in [6, 6.07) is 4.87. The van der Waals surface area contributed by atoms with Gasteiger partial charge in [0.1, 0.15) is 0 Å². The first-order valence-corrected chi connectivity index (χ1v) is 6.36. The van der Waals surface area contributed by atoms with Crippen LogP contribution in [0.5, 0.6) is 0 Å². The molecule has 1 heterocycles. The number of aliphatic hydroxyl groups is 1. The van der Waals surface area contributed by atoms with Crippen molar-refractivity contribution in [3.05, 3.63) is 36.0 Å². The molecule has 1 atom stereocenters. The number of allylic oxidation sites excluding steroid dienone is 1. The standard InChI is InChI=1S/C14H19N3O2.ClH/c15-10-3-4-13(16)12(8-10)14(19)5-7-17-6-1-2-11(18)9-17;/h3-5,7-8,11,18H,1-2,6,9,15-16H2;1H. The van der Waals surface area contributed by atoms with E-state index in [-0.39, 0.29) is 24.3 Å². The normalized spacial score (nSPS) is 18.9. The Balaban J connectivity index is 0.00000200. The molecule has 0 spiro atoms. The van der Waals surface area contributed by atoms with Gasteiger partial charge in [-0.1, -0.05) is 0 Å². The number of nitrogens with two attached hydrogens (primary N) is 2. The Morgan fingerprint density at radius 2 is 2.15 bits per heavy atom. The highest BCUT2D eigenvalue weighted by atomic mass is 35.5. The van der Waals surface area contributed by atoms with Crippen molar-refractivity contribution in [2.45, 2.75) is 18.9 Å². The minimum Gasteiger partial charge on any atom is -0.399 e. The fraction of sp³-hybridized carbons (Fsp3) is 0.357. The van der Waals surface area contributed by atoms with E-state index >= 15 is 0 Å². The number of nitrogens with zero attached hydrogens (tertiary/aromatic N) is 1. The molecule has 1 aromatic rings. The molecule has 1 unspecified atom stereocenters. The summed E-state index contributed by atoms with van der Waals surface area (Å²) >= 11 is 0. The van der Waals surface area contributed by atoms with E-state index in [1.807, 2.05) is 4.90 Å². The first kappa shape index (κ1) is 16.3. The summed E-state index contributed by atoms with van der Waals surface area (Å²) in [5, 5.41) is 9.55. The molecule has 1 aliphatic rings. The highest BCUT2D eigenvalue weighted by molar-refractivity contribution is 6.08. The van der Waals surface area contributed by atoms with Crippen molar-refractivity contribution in [3.8, 4) is 0 Å². The number of piperidine rings is 1. The van der Waals surface area contributed by atoms with Crippen LogP contribution >= 0.6 is 12.4 Å². The van der Waals surface area contributed by atoms with Gasteiger partial charge in [-0.3, -0.25) is 4.79 Å². The zero-order chi connectivity index (χ0) is 13.8. The van der Waals surface area contributed by atoms with Gasteiger partial charge in [0, 0.05) is 42.3 Å². The number of halogens is 1. The Morgan fingerprint density at radius 1 is 1.40 bits per heavy atom. The van der Waals surface area contributed by atoms with Crippen LogP contribution in [0.2, 0.25) is 0 Å². The molecule has 0 aromatic heterocycles. The van der Waals surface area contributed by atoms with Gasteiger partial charge in [0.2, 0.25) is 0 Å². The second-order valence-corrected chi connectivity index (χ2v) is 4.82. The molecule has 5 nitrogen and oxygen atoms in total. The van der Waals surface area contributed by atoms with E-state index in [1.54, 1.807) is 24.4 Å². The van der Waals surface area contributed by atoms with Gasteiger partial charge in [-0.25, -0.2) is 0 Å². The molecule has 0 aliphatic carbocycles. The van der Waals surface area contributed by atoms with Crippen molar-refractivity contribution in [2.24, 2.45) is 0 Å². The maximum atomic E-state index is 12.0. The van der Waals surface area contributed by atoms with E-state index in [9.17, 15) is 9.90 Å². The SMILES string of the molecule is Cl.Nc1ccc(N)c(C(=O)C=CN2CCCC(O)C2)c1. The van der Waals surface area contributed by atoms with E-state index in [4.69, 9.17) is 11.5 Å². The predicted molar refractivity (Wildman–Crippen MR) is 82.8 cm³/mol. The van der Waals surface area contributed by atoms with E-state index in [0.29, 0.717) is 23.5 Å². The van der Waals surface area contributed by atoms with E-state index < -0.39 is 0 Å². The number of rotatable bonds is 3. The zero-order valence-corrected chi connectivity index (χ0v) is 12.0. The lowest BCUT2D eigenvalue weighted by Gasteiger charge is -2.28. The topological polar surface area (TPSA) is 92.6 Å². The molecule has 110 valence electrons. The molecule has 0 amide bonds. The van der Waals surface area contributed by atoms with Crippen LogP contribution in [-0.4, -0.2) is 35.0 Å². The monoisotopic (exact) mass is 297 g/mol. The van der Waals surface area contributed by atoms with Crippen LogP contribution < -0.4 is 11.5 Å². The Morgan fingerprint density at radius 3 is 2.85 bits per heavy atom. The Kier molecular flexibility index (Phi) is 5.85. The lowest BCUT2D eigenvalue weighted by atomic mass is 10.1. The molecular formula is C14H20ClN3O2. The fourth-order valence-corrected chi connectivity index (χ4v) is 2.17. The molecule has 1 saturated heterocycles. The van der Waals surface area contributed by atoms with E-state index in [1.165, 1.54) is 6.08 Å². The number of β-amino-alcohol motifs (C(OH)–C–C–N with tert-alkyl or cyclic N) is 1. The molecule has 0 radical (unpaired) electrons. The van der Waals surface area contributed by atoms with Gasteiger partial charge in [0.25, 0.3) is 0 Å². The van der Waals surface area contributed by atoms with Crippen LogP contribution in [0.1, 0.15) is 23.2 Å². The Labute approximate surface area is 124 Å². The third kappa shape index (κ3) is 4.15. The van der Waals surface area contributed by atoms with Crippen molar-refractivity contribution in [1.82, 2.24) is 4.90 Å². The molecule has 2 rings (SSSR count). The molecule has 0 saturated carbocycles. The number of hydrogen-bond donors (Lipinski definition) is 3. The van der Waals surface area contributed by atoms with Gasteiger partial charge in [0.05, 0.1) is 6.10 Å². The number of nitrogen functional groups attached to an aromatic ring is 2. The maximum absolute atomic E-state index is 12.0. The molecule has 0 bridgehead atoms. The van der Waals surface area contributed by atoms with Crippen LogP contribution in [0.25, 0.3) is 0 Å². The molecule has 1 fully saturated rings. The van der Waals surface area contributed by atoms with Crippen LogP contribution in [0.4, 0.5) is 11.4 Å². The summed E-state index contributed by atoms with van der Waals surface area (Å²) in [5.41, 5.74) is 12.7. The van der Waals surface area contributed by atoms with Crippen molar-refractivity contribution in [1.29, 1.82) is 0 Å². The number of carbonyl (C=O) groups excluding carboxylic acids is 1. The lowest BCUT2D eigenvalue weighted by Crippen LogP contribution is -2.34. The average Bonchev–Trinajstić information content (AvgIpc) is 2.39. The number of anilines is 2. The molecule has 5 N–H and O–H groups in total. The molecule has 20 heavy (non-hydrogen) atoms. The minimum absolute atomic E-state index is 0. The fourth-order valence-electron chi connectivity index (χ4n) is 2.17. The van der Waals surface area contributed by atoms with Crippen LogP contribution in [-0.2, 0) is 0 Å².